The molecule has 0 saturated heterocycles. The second kappa shape index (κ2) is 7.01. The Morgan fingerprint density at radius 2 is 2.00 bits per heavy atom. The van der Waals surface area contributed by atoms with Crippen molar-refractivity contribution in [2.45, 2.75) is 53.6 Å². The molecule has 0 saturated carbocycles. The summed E-state index contributed by atoms with van der Waals surface area (Å²) in [7, 11) is 0. The molecule has 19 heavy (non-hydrogen) atoms. The van der Waals surface area contributed by atoms with Crippen molar-refractivity contribution >= 4 is 0 Å². The minimum atomic E-state index is 0.182. The van der Waals surface area contributed by atoms with Gasteiger partial charge in [-0.15, -0.1) is 0 Å². The molecule has 0 aliphatic heterocycles. The van der Waals surface area contributed by atoms with Gasteiger partial charge in [0.25, 0.3) is 0 Å². The van der Waals surface area contributed by atoms with Gasteiger partial charge in [-0.1, -0.05) is 33.8 Å². The lowest BCUT2D eigenvalue weighted by Crippen LogP contribution is -2.38. The molecule has 3 nitrogen and oxygen atoms in total. The van der Waals surface area contributed by atoms with Crippen LogP contribution >= 0.6 is 0 Å². The van der Waals surface area contributed by atoms with E-state index >= 15 is 0 Å². The van der Waals surface area contributed by atoms with E-state index in [4.69, 9.17) is 5.73 Å². The van der Waals surface area contributed by atoms with Crippen molar-refractivity contribution in [1.29, 1.82) is 0 Å². The van der Waals surface area contributed by atoms with Gasteiger partial charge in [-0.25, -0.2) is 0 Å². The van der Waals surface area contributed by atoms with Gasteiger partial charge in [0.1, 0.15) is 0 Å². The first kappa shape index (κ1) is 16.1. The summed E-state index contributed by atoms with van der Waals surface area (Å²) in [5, 5.41) is 0. The molecule has 1 unspecified atom stereocenters. The summed E-state index contributed by atoms with van der Waals surface area (Å²) < 4.78 is 0. The van der Waals surface area contributed by atoms with Crippen LogP contribution in [0.3, 0.4) is 0 Å². The van der Waals surface area contributed by atoms with Crippen LogP contribution < -0.4 is 5.73 Å². The summed E-state index contributed by atoms with van der Waals surface area (Å²) in [5.41, 5.74) is 8.64. The molecule has 0 bridgehead atoms. The predicted molar refractivity (Wildman–Crippen MR) is 82.0 cm³/mol. The fraction of sp³-hybridized carbons (Fsp3) is 0.688. The Hall–Kier alpha value is -0.930. The summed E-state index contributed by atoms with van der Waals surface area (Å²) in [4.78, 5) is 6.97. The highest BCUT2D eigenvalue weighted by Crippen LogP contribution is 2.20. The molecule has 1 rings (SSSR count). The quantitative estimate of drug-likeness (QED) is 0.858. The van der Waals surface area contributed by atoms with Gasteiger partial charge in [0.2, 0.25) is 0 Å². The van der Waals surface area contributed by atoms with Crippen LogP contribution in [0.4, 0.5) is 0 Å². The molecule has 108 valence electrons. The zero-order valence-electron chi connectivity index (χ0n) is 13.1. The van der Waals surface area contributed by atoms with Crippen molar-refractivity contribution in [3.63, 3.8) is 0 Å². The zero-order valence-corrected chi connectivity index (χ0v) is 13.1. The van der Waals surface area contributed by atoms with Gasteiger partial charge in [0.15, 0.2) is 0 Å². The van der Waals surface area contributed by atoms with E-state index in [1.54, 1.807) is 0 Å². The second-order valence-electron chi connectivity index (χ2n) is 6.40. The van der Waals surface area contributed by atoms with Crippen molar-refractivity contribution < 1.29 is 0 Å². The number of rotatable bonds is 6. The van der Waals surface area contributed by atoms with Gasteiger partial charge < -0.3 is 5.73 Å². The maximum Gasteiger partial charge on any atom is 0.0547 e. The van der Waals surface area contributed by atoms with E-state index in [1.807, 2.05) is 13.0 Å². The Bertz CT molecular complexity index is 382. The van der Waals surface area contributed by atoms with Crippen molar-refractivity contribution in [3.8, 4) is 0 Å². The topological polar surface area (TPSA) is 42.1 Å². The number of nitrogens with zero attached hydrogens (tertiary/aromatic N) is 2. The van der Waals surface area contributed by atoms with Gasteiger partial charge in [0.05, 0.1) is 5.69 Å². The molecule has 0 aliphatic carbocycles. The van der Waals surface area contributed by atoms with E-state index in [-0.39, 0.29) is 11.5 Å². The highest BCUT2D eigenvalue weighted by atomic mass is 15.1. The van der Waals surface area contributed by atoms with E-state index in [1.165, 1.54) is 0 Å². The number of hydrogen-bond acceptors (Lipinski definition) is 3. The highest BCUT2D eigenvalue weighted by molar-refractivity contribution is 5.09. The van der Waals surface area contributed by atoms with E-state index < -0.39 is 0 Å². The molecule has 0 radical (unpaired) electrons. The molecule has 1 aromatic heterocycles. The monoisotopic (exact) mass is 263 g/mol. The molecule has 0 amide bonds. The van der Waals surface area contributed by atoms with Crippen LogP contribution in [-0.4, -0.2) is 29.0 Å². The molecule has 0 aliphatic rings. The summed E-state index contributed by atoms with van der Waals surface area (Å²) in [6.45, 7) is 13.8. The van der Waals surface area contributed by atoms with Crippen LogP contribution in [0.2, 0.25) is 0 Å². The third kappa shape index (κ3) is 5.70. The van der Waals surface area contributed by atoms with E-state index in [0.717, 1.165) is 37.4 Å². The minimum Gasteiger partial charge on any atom is -0.327 e. The minimum absolute atomic E-state index is 0.182. The maximum absolute atomic E-state index is 6.23. The van der Waals surface area contributed by atoms with E-state index in [0.29, 0.717) is 0 Å². The van der Waals surface area contributed by atoms with Gasteiger partial charge >= 0.3 is 0 Å². The molecular weight excluding hydrogens is 234 g/mol. The molecule has 0 fully saturated rings. The smallest absolute Gasteiger partial charge is 0.0547 e. The normalized spacial score (nSPS) is 13.8. The predicted octanol–water partition coefficient (Wildman–Crippen LogP) is 2.98. The van der Waals surface area contributed by atoms with Crippen molar-refractivity contribution in [1.82, 2.24) is 9.88 Å². The molecule has 1 atom stereocenters. The Labute approximate surface area is 118 Å². The van der Waals surface area contributed by atoms with Crippen LogP contribution in [0, 0.1) is 12.3 Å². The average Bonchev–Trinajstić information content (AvgIpc) is 2.32. The average molecular weight is 263 g/mol. The lowest BCUT2D eigenvalue weighted by atomic mass is 9.85. The van der Waals surface area contributed by atoms with Gasteiger partial charge in [-0.2, -0.15) is 0 Å². The molecular formula is C16H29N3. The van der Waals surface area contributed by atoms with Crippen molar-refractivity contribution in [2.24, 2.45) is 11.1 Å². The Balaban J connectivity index is 2.51. The van der Waals surface area contributed by atoms with Crippen LogP contribution in [0.1, 0.15) is 45.5 Å². The molecule has 1 aromatic rings. The van der Waals surface area contributed by atoms with Gasteiger partial charge in [-0.05, 0) is 37.4 Å². The largest absolute Gasteiger partial charge is 0.327 e. The fourth-order valence-corrected chi connectivity index (χ4v) is 2.02. The SMILES string of the molecule is CCN(CCC(N)C(C)(C)C)Cc1cccc(C)n1. The number of nitrogens with two attached hydrogens (primary N) is 1. The van der Waals surface area contributed by atoms with Crippen LogP contribution in [-0.2, 0) is 6.54 Å². The van der Waals surface area contributed by atoms with Crippen LogP contribution in [0.25, 0.3) is 0 Å². The molecule has 0 aromatic carbocycles. The second-order valence-corrected chi connectivity index (χ2v) is 6.40. The number of pyridine rings is 1. The maximum atomic E-state index is 6.23. The Morgan fingerprint density at radius 3 is 2.53 bits per heavy atom. The first-order valence-electron chi connectivity index (χ1n) is 7.23. The summed E-state index contributed by atoms with van der Waals surface area (Å²) >= 11 is 0. The Morgan fingerprint density at radius 1 is 1.32 bits per heavy atom. The first-order chi connectivity index (χ1) is 8.82. The Kier molecular flexibility index (Phi) is 5.95. The van der Waals surface area contributed by atoms with E-state index in [2.05, 4.69) is 49.7 Å². The number of hydrogen-bond donors (Lipinski definition) is 1. The fourth-order valence-electron chi connectivity index (χ4n) is 2.02. The zero-order chi connectivity index (χ0) is 14.5. The molecule has 1 heterocycles. The number of aromatic nitrogens is 1. The van der Waals surface area contributed by atoms with Crippen molar-refractivity contribution in [2.75, 3.05) is 13.1 Å². The van der Waals surface area contributed by atoms with Gasteiger partial charge in [-0.3, -0.25) is 9.88 Å². The lowest BCUT2D eigenvalue weighted by molar-refractivity contribution is 0.228. The van der Waals surface area contributed by atoms with Crippen LogP contribution in [0.15, 0.2) is 18.2 Å². The first-order valence-corrected chi connectivity index (χ1v) is 7.23. The molecule has 0 spiro atoms. The third-order valence-electron chi connectivity index (χ3n) is 3.65. The summed E-state index contributed by atoms with van der Waals surface area (Å²) in [6.07, 6.45) is 1.03. The van der Waals surface area contributed by atoms with E-state index in [9.17, 15) is 0 Å². The number of aryl methyl sites for hydroxylation is 1. The summed E-state index contributed by atoms with van der Waals surface area (Å²) in [6, 6.07) is 6.45. The molecule has 3 heteroatoms. The van der Waals surface area contributed by atoms with Gasteiger partial charge in [0, 0.05) is 24.8 Å². The standard InChI is InChI=1S/C16H29N3/c1-6-19(11-10-15(17)16(3,4)5)12-14-9-7-8-13(2)18-14/h7-9,15H,6,10-12,17H2,1-5H3. The highest BCUT2D eigenvalue weighted by Gasteiger charge is 2.20. The van der Waals surface area contributed by atoms with Crippen LogP contribution in [0.5, 0.6) is 0 Å². The molecule has 2 N–H and O–H groups in total. The van der Waals surface area contributed by atoms with Crippen molar-refractivity contribution in [3.05, 3.63) is 29.6 Å². The lowest BCUT2D eigenvalue weighted by Gasteiger charge is -2.29. The summed E-state index contributed by atoms with van der Waals surface area (Å²) in [5.74, 6) is 0. The third-order valence-corrected chi connectivity index (χ3v) is 3.65.